The molecular weight excluding hydrogens is 184 g/mol. The molecular formula is C10H8O4-2. The number of carboxylic acids is 2. The average molecular weight is 192 g/mol. The van der Waals surface area contributed by atoms with Gasteiger partial charge in [0.15, 0.2) is 0 Å². The molecule has 0 saturated heterocycles. The van der Waals surface area contributed by atoms with Gasteiger partial charge >= 0.3 is 0 Å². The van der Waals surface area contributed by atoms with Crippen LogP contribution < -0.4 is 10.2 Å². The van der Waals surface area contributed by atoms with E-state index in [0.717, 1.165) is 24.3 Å². The highest BCUT2D eigenvalue weighted by Crippen LogP contribution is 2.01. The Morgan fingerprint density at radius 2 is 1.07 bits per heavy atom. The SMILES string of the molecule is C=C.O=C([O-])c1ccc(C(=O)[O-])cc1. The maximum Gasteiger partial charge on any atom is 0.0715 e. The lowest BCUT2D eigenvalue weighted by Crippen LogP contribution is -2.24. The van der Waals surface area contributed by atoms with E-state index in [4.69, 9.17) is 0 Å². The van der Waals surface area contributed by atoms with E-state index in [2.05, 4.69) is 13.2 Å². The summed E-state index contributed by atoms with van der Waals surface area (Å²) in [6.45, 7) is 6.00. The summed E-state index contributed by atoms with van der Waals surface area (Å²) in [7, 11) is 0. The number of aromatic carboxylic acids is 2. The van der Waals surface area contributed by atoms with Gasteiger partial charge in [-0.25, -0.2) is 0 Å². The van der Waals surface area contributed by atoms with E-state index in [-0.39, 0.29) is 11.1 Å². The van der Waals surface area contributed by atoms with Crippen LogP contribution in [0.3, 0.4) is 0 Å². The second-order valence-corrected chi connectivity index (χ2v) is 2.15. The molecule has 4 nitrogen and oxygen atoms in total. The lowest BCUT2D eigenvalue weighted by Gasteiger charge is -2.04. The Balaban J connectivity index is 0.000000791. The normalized spacial score (nSPS) is 8.29. The molecule has 0 aliphatic rings. The van der Waals surface area contributed by atoms with Crippen LogP contribution in [-0.2, 0) is 0 Å². The predicted octanol–water partition coefficient (Wildman–Crippen LogP) is -0.784. The molecule has 0 aliphatic carbocycles. The van der Waals surface area contributed by atoms with E-state index >= 15 is 0 Å². The highest BCUT2D eigenvalue weighted by atomic mass is 16.4. The molecule has 0 amide bonds. The summed E-state index contributed by atoms with van der Waals surface area (Å²) in [6.07, 6.45) is 0. The van der Waals surface area contributed by atoms with Crippen LogP contribution in [0, 0.1) is 0 Å². The Labute approximate surface area is 81.1 Å². The van der Waals surface area contributed by atoms with Crippen molar-refractivity contribution in [2.75, 3.05) is 0 Å². The van der Waals surface area contributed by atoms with E-state index in [0.29, 0.717) is 0 Å². The Kier molecular flexibility index (Phi) is 4.70. The smallest absolute Gasteiger partial charge is 0.0715 e. The third-order valence-corrected chi connectivity index (χ3v) is 1.36. The Bertz CT molecular complexity index is 293. The third-order valence-electron chi connectivity index (χ3n) is 1.36. The van der Waals surface area contributed by atoms with Crippen molar-refractivity contribution in [1.29, 1.82) is 0 Å². The lowest BCUT2D eigenvalue weighted by atomic mass is 10.1. The number of carboxylic acid groups (broad SMARTS) is 2. The Hall–Kier alpha value is -2.10. The average Bonchev–Trinajstić information content (AvgIpc) is 2.21. The van der Waals surface area contributed by atoms with Gasteiger partial charge < -0.3 is 19.8 Å². The van der Waals surface area contributed by atoms with Crippen LogP contribution in [0.4, 0.5) is 0 Å². The monoisotopic (exact) mass is 192 g/mol. The molecule has 4 heteroatoms. The number of hydrogen-bond acceptors (Lipinski definition) is 4. The van der Waals surface area contributed by atoms with Gasteiger partial charge in [-0.3, -0.25) is 0 Å². The molecule has 0 fully saturated rings. The van der Waals surface area contributed by atoms with Gasteiger partial charge in [0.05, 0.1) is 11.9 Å². The van der Waals surface area contributed by atoms with Crippen LogP contribution in [0.2, 0.25) is 0 Å². The first-order valence-corrected chi connectivity index (χ1v) is 3.64. The van der Waals surface area contributed by atoms with Crippen molar-refractivity contribution in [3.05, 3.63) is 48.6 Å². The molecule has 74 valence electrons. The van der Waals surface area contributed by atoms with E-state index in [1.165, 1.54) is 0 Å². The molecule has 0 N–H and O–H groups in total. The van der Waals surface area contributed by atoms with E-state index in [1.807, 2.05) is 0 Å². The number of rotatable bonds is 2. The minimum Gasteiger partial charge on any atom is -0.545 e. The lowest BCUT2D eigenvalue weighted by molar-refractivity contribution is -0.256. The molecule has 0 aliphatic heterocycles. The van der Waals surface area contributed by atoms with Crippen molar-refractivity contribution in [2.45, 2.75) is 0 Å². The quantitative estimate of drug-likeness (QED) is 0.575. The van der Waals surface area contributed by atoms with Crippen LogP contribution in [0.1, 0.15) is 20.7 Å². The number of carbonyl (C=O) groups is 2. The summed E-state index contributed by atoms with van der Waals surface area (Å²) >= 11 is 0. The molecule has 0 saturated carbocycles. The van der Waals surface area contributed by atoms with Crippen LogP contribution in [0.25, 0.3) is 0 Å². The maximum atomic E-state index is 10.2. The maximum absolute atomic E-state index is 10.2. The molecule has 1 aromatic rings. The number of carbonyl (C=O) groups excluding carboxylic acids is 2. The predicted molar refractivity (Wildman–Crippen MR) is 46.4 cm³/mol. The zero-order chi connectivity index (χ0) is 11.1. The Morgan fingerprint density at radius 1 is 0.857 bits per heavy atom. The minimum absolute atomic E-state index is 0.0556. The molecule has 0 spiro atoms. The third kappa shape index (κ3) is 3.10. The summed E-state index contributed by atoms with van der Waals surface area (Å²) in [5, 5.41) is 20.4. The molecule has 0 atom stereocenters. The summed E-state index contributed by atoms with van der Waals surface area (Å²) in [6, 6.07) is 4.61. The highest BCUT2D eigenvalue weighted by molar-refractivity contribution is 5.89. The van der Waals surface area contributed by atoms with Crippen molar-refractivity contribution in [1.82, 2.24) is 0 Å². The van der Waals surface area contributed by atoms with Crippen molar-refractivity contribution < 1.29 is 19.8 Å². The number of benzene rings is 1. The second kappa shape index (κ2) is 5.53. The van der Waals surface area contributed by atoms with Gasteiger partial charge in [0.1, 0.15) is 0 Å². The number of hydrogen-bond donors (Lipinski definition) is 0. The van der Waals surface area contributed by atoms with E-state index < -0.39 is 11.9 Å². The van der Waals surface area contributed by atoms with Crippen LogP contribution in [0.15, 0.2) is 37.4 Å². The minimum atomic E-state index is -1.33. The van der Waals surface area contributed by atoms with E-state index in [1.54, 1.807) is 0 Å². The summed E-state index contributed by atoms with van der Waals surface area (Å²) in [5.41, 5.74) is -0.111. The van der Waals surface area contributed by atoms with E-state index in [9.17, 15) is 19.8 Å². The largest absolute Gasteiger partial charge is 0.545 e. The van der Waals surface area contributed by atoms with Gasteiger partial charge in [-0.05, 0) is 11.1 Å². The van der Waals surface area contributed by atoms with Gasteiger partial charge in [0, 0.05) is 0 Å². The topological polar surface area (TPSA) is 80.3 Å². The van der Waals surface area contributed by atoms with Crippen molar-refractivity contribution in [3.63, 3.8) is 0 Å². The first-order valence-electron chi connectivity index (χ1n) is 3.64. The second-order valence-electron chi connectivity index (χ2n) is 2.15. The molecule has 0 unspecified atom stereocenters. The van der Waals surface area contributed by atoms with Gasteiger partial charge in [0.25, 0.3) is 0 Å². The highest BCUT2D eigenvalue weighted by Gasteiger charge is 1.94. The molecule has 0 bridgehead atoms. The summed E-state index contributed by atoms with van der Waals surface area (Å²) in [4.78, 5) is 20.4. The molecule has 1 aromatic carbocycles. The fraction of sp³-hybridized carbons (Fsp3) is 0. The fourth-order valence-corrected chi connectivity index (χ4v) is 0.742. The standard InChI is InChI=1S/C8H6O4.C2H4/c9-7(10)5-1-2-6(4-3-5)8(11)12;1-2/h1-4H,(H,9,10)(H,11,12);1-2H2/p-2. The first-order chi connectivity index (χ1) is 6.61. The Morgan fingerprint density at radius 3 is 1.21 bits per heavy atom. The molecule has 1 rings (SSSR count). The van der Waals surface area contributed by atoms with Crippen LogP contribution in [-0.4, -0.2) is 11.9 Å². The van der Waals surface area contributed by atoms with Gasteiger partial charge in [-0.15, -0.1) is 13.2 Å². The van der Waals surface area contributed by atoms with Gasteiger partial charge in [-0.2, -0.15) is 0 Å². The van der Waals surface area contributed by atoms with Crippen LogP contribution >= 0.6 is 0 Å². The van der Waals surface area contributed by atoms with Crippen LogP contribution in [0.5, 0.6) is 0 Å². The van der Waals surface area contributed by atoms with Crippen molar-refractivity contribution in [2.24, 2.45) is 0 Å². The summed E-state index contributed by atoms with van der Waals surface area (Å²) in [5.74, 6) is -2.67. The van der Waals surface area contributed by atoms with Crippen molar-refractivity contribution in [3.8, 4) is 0 Å². The zero-order valence-electron chi connectivity index (χ0n) is 7.36. The first kappa shape index (κ1) is 11.9. The van der Waals surface area contributed by atoms with Gasteiger partial charge in [-0.1, -0.05) is 24.3 Å². The zero-order valence-corrected chi connectivity index (χ0v) is 7.36. The van der Waals surface area contributed by atoms with Gasteiger partial charge in [0.2, 0.25) is 0 Å². The molecule has 0 radical (unpaired) electrons. The molecule has 0 heterocycles. The molecule has 0 aromatic heterocycles. The molecule has 14 heavy (non-hydrogen) atoms. The fourth-order valence-electron chi connectivity index (χ4n) is 0.742. The summed E-state index contributed by atoms with van der Waals surface area (Å²) < 4.78 is 0. The van der Waals surface area contributed by atoms with Crippen molar-refractivity contribution >= 4 is 11.9 Å².